The Kier molecular flexibility index (Phi) is 12.1. The normalized spacial score (nSPS) is 31.9. The highest BCUT2D eigenvalue weighted by Gasteiger charge is 2.54. The number of hydrogen-bond donors (Lipinski definition) is 4. The lowest BCUT2D eigenvalue weighted by Crippen LogP contribution is -2.36. The van der Waals surface area contributed by atoms with E-state index in [-0.39, 0.29) is 46.9 Å². The molecule has 3 saturated heterocycles. The summed E-state index contributed by atoms with van der Waals surface area (Å²) in [6.07, 6.45) is -9.05. The predicted molar refractivity (Wildman–Crippen MR) is 204 cm³/mol. The van der Waals surface area contributed by atoms with Gasteiger partial charge in [0.1, 0.15) is 48.2 Å². The number of anilines is 2. The molecule has 7 rings (SSSR count). The molecule has 58 heavy (non-hydrogen) atoms. The number of nitrogens with zero attached hydrogens (tertiary/aromatic N) is 9. The van der Waals surface area contributed by atoms with Gasteiger partial charge in [0, 0.05) is 20.0 Å². The van der Waals surface area contributed by atoms with Crippen molar-refractivity contribution in [3.63, 3.8) is 0 Å². The zero-order valence-corrected chi connectivity index (χ0v) is 34.7. The fraction of sp³-hybridized carbons (Fsp3) is 0.600. The Hall–Kier alpha value is -3.58. The third-order valence-corrected chi connectivity index (χ3v) is 12.2. The van der Waals surface area contributed by atoms with E-state index in [2.05, 4.69) is 59.7 Å². The van der Waals surface area contributed by atoms with Crippen LogP contribution in [0.3, 0.4) is 0 Å². The van der Waals surface area contributed by atoms with Crippen LogP contribution in [0.2, 0.25) is 0 Å². The summed E-state index contributed by atoms with van der Waals surface area (Å²) in [5.74, 6) is -0.406. The van der Waals surface area contributed by atoms with Gasteiger partial charge in [-0.25, -0.2) is 52.6 Å². The van der Waals surface area contributed by atoms with Gasteiger partial charge in [-0.1, -0.05) is 24.5 Å². The van der Waals surface area contributed by atoms with E-state index in [1.165, 1.54) is 26.7 Å². The van der Waals surface area contributed by atoms with Crippen LogP contribution in [0.25, 0.3) is 22.3 Å². The highest BCUT2D eigenvalue weighted by Crippen LogP contribution is 2.60. The standard InChI is InChI=1S/C30H39F2N11O11P2S2/c1-30(2,3)52-29(45)41(4)7-5-6-16(44)40-24-20-26(37-11-35-24)43(13-39-20)28-18(32)22-15(51-28)9-49-55(46,57)53-21-14(8-48-56(47,58)54-22)50-27(17(21)31)42-12-38-19-23(33)34-10-36-25(19)42/h10-15,17-18,21-22,27-28H,5-9H2,1-4H3,(H,46,57)(H,47,58)(H2,33,34,36)(H,35,37,40,44)/t14-,15-,17-,18-,21?,22?,27-,28-,55-,56-/m1/s1. The van der Waals surface area contributed by atoms with Crippen LogP contribution in [-0.2, 0) is 46.2 Å². The van der Waals surface area contributed by atoms with E-state index in [0.717, 1.165) is 12.7 Å². The fourth-order valence-electron chi connectivity index (χ4n) is 6.35. The number of nitrogen functional groups attached to an aromatic ring is 1. The molecule has 0 aromatic carbocycles. The van der Waals surface area contributed by atoms with Gasteiger partial charge in [0.05, 0.1) is 25.9 Å². The number of thiol groups is 2. The summed E-state index contributed by atoms with van der Waals surface area (Å²) < 4.78 is 101. The number of aromatic nitrogens is 8. The molecule has 0 spiro atoms. The van der Waals surface area contributed by atoms with Gasteiger partial charge >= 0.3 is 19.7 Å². The number of amides is 2. The predicted octanol–water partition coefficient (Wildman–Crippen LogP) is 4.20. The molecule has 3 aliphatic heterocycles. The van der Waals surface area contributed by atoms with Crippen LogP contribution < -0.4 is 11.1 Å². The summed E-state index contributed by atoms with van der Waals surface area (Å²) >= 11 is 8.07. The first kappa shape index (κ1) is 42.5. The number of nitrogens with one attached hydrogen (secondary N) is 1. The summed E-state index contributed by atoms with van der Waals surface area (Å²) in [6.45, 7) is -4.91. The zero-order chi connectivity index (χ0) is 41.7. The molecule has 4 aromatic heterocycles. The van der Waals surface area contributed by atoms with Crippen LogP contribution in [0.15, 0.2) is 25.3 Å². The number of nitrogens with two attached hydrogens (primary N) is 1. The van der Waals surface area contributed by atoms with Crippen LogP contribution in [0.1, 0.15) is 46.1 Å². The quantitative estimate of drug-likeness (QED) is 0.150. The van der Waals surface area contributed by atoms with E-state index in [0.29, 0.717) is 6.42 Å². The van der Waals surface area contributed by atoms with Crippen molar-refractivity contribution in [2.24, 2.45) is 0 Å². The van der Waals surface area contributed by atoms with Gasteiger partial charge in [-0.2, -0.15) is 0 Å². The molecule has 0 saturated carbocycles. The Morgan fingerprint density at radius 1 is 0.897 bits per heavy atom. The average molecular weight is 894 g/mol. The number of imidazole rings is 2. The number of hydrogen-bond acceptors (Lipinski definition) is 18. The Labute approximate surface area is 338 Å². The molecule has 28 heteroatoms. The number of fused-ring (bicyclic) bond motifs is 4. The maximum atomic E-state index is 16.4. The second-order valence-corrected chi connectivity index (χ2v) is 20.1. The number of carbonyl (C=O) groups excluding carboxylic acids is 2. The molecular weight excluding hydrogens is 854 g/mol. The van der Waals surface area contributed by atoms with E-state index < -0.39 is 93.6 Å². The second-order valence-electron chi connectivity index (χ2n) is 14.4. The summed E-state index contributed by atoms with van der Waals surface area (Å²) in [5, 5.41) is 2.64. The van der Waals surface area contributed by atoms with Crippen molar-refractivity contribution in [1.29, 1.82) is 0 Å². The minimum absolute atomic E-state index is 0.00921. The lowest BCUT2D eigenvalue weighted by Gasteiger charge is -2.28. The molecule has 0 bridgehead atoms. The van der Waals surface area contributed by atoms with Crippen molar-refractivity contribution in [2.75, 3.05) is 37.9 Å². The lowest BCUT2D eigenvalue weighted by atomic mass is 10.1. The maximum Gasteiger partial charge on any atom is 0.410 e. The minimum atomic E-state index is -4.49. The maximum absolute atomic E-state index is 16.4. The van der Waals surface area contributed by atoms with Crippen molar-refractivity contribution in [2.45, 2.75) is 88.4 Å². The Balaban J connectivity index is 1.04. The van der Waals surface area contributed by atoms with E-state index in [9.17, 15) is 18.7 Å². The van der Waals surface area contributed by atoms with Crippen LogP contribution >= 0.6 is 38.1 Å². The van der Waals surface area contributed by atoms with Gasteiger partial charge in [0.2, 0.25) is 5.91 Å². The van der Waals surface area contributed by atoms with E-state index in [4.69, 9.17) is 38.0 Å². The molecule has 7 heterocycles. The molecule has 0 aliphatic carbocycles. The largest absolute Gasteiger partial charge is 0.444 e. The molecule has 10 atom stereocenters. The second kappa shape index (κ2) is 16.5. The number of carbonyl (C=O) groups is 2. The smallest absolute Gasteiger partial charge is 0.410 e. The lowest BCUT2D eigenvalue weighted by molar-refractivity contribution is -0.116. The number of ether oxygens (including phenoxy) is 3. The molecular formula is C30H39F2N11O11P2S2. The Bertz CT molecular complexity index is 2290. The Morgan fingerprint density at radius 2 is 1.41 bits per heavy atom. The highest BCUT2D eigenvalue weighted by molar-refractivity contribution is 8.44. The number of rotatable bonds is 7. The van der Waals surface area contributed by atoms with Gasteiger partial charge in [0.15, 0.2) is 53.2 Å². The van der Waals surface area contributed by atoms with Crippen LogP contribution in [-0.4, -0.2) is 125 Å². The monoisotopic (exact) mass is 893 g/mol. The van der Waals surface area contributed by atoms with Crippen LogP contribution in [0.5, 0.6) is 0 Å². The van der Waals surface area contributed by atoms with Crippen molar-refractivity contribution in [1.82, 2.24) is 43.9 Å². The SMILES string of the molecule is CN(CCCC(=O)Nc1ncnc2c1ncn2[C@@H]1O[C@@H]2CO[P@@](=O)(S)OC3[C@@H](F)[C@H](n4cnc5c(N)ncnc54)O[C@@H]3CO[P@@](=O)(S)OC2[C@H]1F)C(=O)OC(C)(C)C. The molecule has 22 nitrogen and oxygen atoms in total. The topological polar surface area (TPSA) is 261 Å². The summed E-state index contributed by atoms with van der Waals surface area (Å²) in [4.78, 5) is 51.0. The summed E-state index contributed by atoms with van der Waals surface area (Å²) in [5.41, 5.74) is 5.58. The Morgan fingerprint density at radius 3 is 1.97 bits per heavy atom. The number of halogens is 2. The van der Waals surface area contributed by atoms with Gasteiger partial charge in [-0.05, 0) is 27.2 Å². The first-order chi connectivity index (χ1) is 27.3. The van der Waals surface area contributed by atoms with Crippen molar-refractivity contribution in [3.8, 4) is 0 Å². The van der Waals surface area contributed by atoms with Crippen molar-refractivity contribution < 1.29 is 59.8 Å². The van der Waals surface area contributed by atoms with Gasteiger partial charge in [0.25, 0.3) is 0 Å². The molecule has 4 aromatic rings. The van der Waals surface area contributed by atoms with Crippen LogP contribution in [0, 0.1) is 0 Å². The van der Waals surface area contributed by atoms with Crippen molar-refractivity contribution >= 4 is 84.1 Å². The third kappa shape index (κ3) is 9.10. The first-order valence-electron chi connectivity index (χ1n) is 17.6. The van der Waals surface area contributed by atoms with E-state index in [1.54, 1.807) is 27.8 Å². The van der Waals surface area contributed by atoms with Crippen molar-refractivity contribution in [3.05, 3.63) is 25.3 Å². The molecule has 316 valence electrons. The first-order valence-corrected chi connectivity index (χ1v) is 22.9. The van der Waals surface area contributed by atoms with Crippen LogP contribution in [0.4, 0.5) is 25.2 Å². The molecule has 2 unspecified atom stereocenters. The summed E-state index contributed by atoms with van der Waals surface area (Å²) in [7, 11) is 1.56. The van der Waals surface area contributed by atoms with Gasteiger partial charge in [-0.15, -0.1) is 0 Å². The molecule has 3 fully saturated rings. The van der Waals surface area contributed by atoms with Gasteiger partial charge < -0.3 is 30.2 Å². The third-order valence-electron chi connectivity index (χ3n) is 9.00. The van der Waals surface area contributed by atoms with E-state index in [1.807, 2.05) is 0 Å². The molecule has 0 radical (unpaired) electrons. The zero-order valence-electron chi connectivity index (χ0n) is 31.1. The average Bonchev–Trinajstić information content (AvgIpc) is 3.91. The minimum Gasteiger partial charge on any atom is -0.444 e. The summed E-state index contributed by atoms with van der Waals surface area (Å²) in [6, 6.07) is 0. The molecule has 3 N–H and O–H groups in total. The molecule has 3 aliphatic rings. The number of alkyl halides is 2. The van der Waals surface area contributed by atoms with E-state index >= 15 is 8.78 Å². The highest BCUT2D eigenvalue weighted by atomic mass is 32.7. The fourth-order valence-corrected chi connectivity index (χ4v) is 9.31. The molecule has 2 amide bonds. The van der Waals surface area contributed by atoms with Gasteiger partial charge in [-0.3, -0.25) is 32.0 Å².